The first-order valence-corrected chi connectivity index (χ1v) is 13.3. The van der Waals surface area contributed by atoms with Crippen LogP contribution in [-0.4, -0.2) is 30.8 Å². The summed E-state index contributed by atoms with van der Waals surface area (Å²) in [7, 11) is -4.10. The molecule has 10 heteroatoms. The van der Waals surface area contributed by atoms with Gasteiger partial charge in [-0.2, -0.15) is 4.98 Å². The van der Waals surface area contributed by atoms with Crippen molar-refractivity contribution < 1.29 is 17.9 Å². The fraction of sp³-hybridized carbons (Fsp3) is 0.148. The van der Waals surface area contributed by atoms with Gasteiger partial charge in [-0.1, -0.05) is 48.0 Å². The maximum atomic E-state index is 13.2. The van der Waals surface area contributed by atoms with E-state index in [1.54, 1.807) is 36.4 Å². The Morgan fingerprint density at radius 2 is 1.65 bits per heavy atom. The van der Waals surface area contributed by atoms with Gasteiger partial charge in [-0.3, -0.25) is 4.79 Å². The molecule has 188 valence electrons. The van der Waals surface area contributed by atoms with Gasteiger partial charge in [0.1, 0.15) is 6.10 Å². The predicted octanol–water partition coefficient (Wildman–Crippen LogP) is 5.08. The summed E-state index contributed by atoms with van der Waals surface area (Å²) in [5.41, 5.74) is 4.22. The van der Waals surface area contributed by atoms with Crippen molar-refractivity contribution in [1.82, 2.24) is 15.3 Å². The molecule has 5 rings (SSSR count). The first-order valence-electron chi connectivity index (χ1n) is 11.5. The molecule has 1 atom stereocenters. The molecule has 0 radical (unpaired) electrons. The number of nitrogens with one attached hydrogen (secondary N) is 2. The van der Waals surface area contributed by atoms with Crippen molar-refractivity contribution in [2.45, 2.75) is 24.8 Å². The number of aryl methyl sites for hydroxylation is 2. The van der Waals surface area contributed by atoms with Crippen LogP contribution in [0, 0.1) is 13.8 Å². The topological polar surface area (TPSA) is 110 Å². The van der Waals surface area contributed by atoms with Crippen LogP contribution < -0.4 is 14.8 Å². The smallest absolute Gasteiger partial charge is 0.264 e. The van der Waals surface area contributed by atoms with E-state index in [0.29, 0.717) is 10.7 Å². The maximum absolute atomic E-state index is 13.2. The first-order chi connectivity index (χ1) is 17.7. The van der Waals surface area contributed by atoms with E-state index in [1.807, 2.05) is 32.0 Å². The molecule has 2 heterocycles. The lowest BCUT2D eigenvalue weighted by molar-refractivity contribution is 0.0925. The summed E-state index contributed by atoms with van der Waals surface area (Å²) in [4.78, 5) is 21.7. The van der Waals surface area contributed by atoms with Gasteiger partial charge in [0, 0.05) is 22.2 Å². The van der Waals surface area contributed by atoms with Crippen LogP contribution in [0.25, 0.3) is 11.3 Å². The fourth-order valence-corrected chi connectivity index (χ4v) is 5.31. The number of amides is 1. The zero-order valence-electron chi connectivity index (χ0n) is 20.0. The van der Waals surface area contributed by atoms with Crippen molar-refractivity contribution in [3.05, 3.63) is 100 Å². The van der Waals surface area contributed by atoms with E-state index in [-0.39, 0.29) is 28.8 Å². The van der Waals surface area contributed by atoms with Gasteiger partial charge >= 0.3 is 0 Å². The summed E-state index contributed by atoms with van der Waals surface area (Å²) >= 11 is 6.08. The number of carbonyl (C=O) groups is 1. The van der Waals surface area contributed by atoms with Crippen LogP contribution in [0.3, 0.4) is 0 Å². The lowest BCUT2D eigenvalue weighted by Gasteiger charge is -2.20. The number of rotatable bonds is 2. The molecule has 0 fully saturated rings. The number of aromatic nitrogens is 2. The Labute approximate surface area is 219 Å². The molecular weight excluding hydrogens is 512 g/mol. The number of nitrogens with zero attached hydrogens (tertiary/aromatic N) is 2. The van der Waals surface area contributed by atoms with E-state index in [1.165, 1.54) is 18.2 Å². The highest BCUT2D eigenvalue weighted by Crippen LogP contribution is 2.31. The van der Waals surface area contributed by atoms with E-state index in [4.69, 9.17) is 16.3 Å². The number of carbonyl (C=O) groups excluding carboxylic acids is 1. The van der Waals surface area contributed by atoms with Crippen molar-refractivity contribution in [3.8, 4) is 17.1 Å². The summed E-state index contributed by atoms with van der Waals surface area (Å²) in [6.45, 7) is 4.01. The molecule has 3 aromatic carbocycles. The summed E-state index contributed by atoms with van der Waals surface area (Å²) in [5.74, 6) is -0.438. The van der Waals surface area contributed by atoms with Gasteiger partial charge in [0.15, 0.2) is 0 Å². The van der Waals surface area contributed by atoms with Gasteiger partial charge in [0.2, 0.25) is 11.8 Å². The molecule has 2 N–H and O–H groups in total. The number of benzene rings is 3. The molecular formula is C27H23ClN4O4S. The molecule has 0 spiro atoms. The van der Waals surface area contributed by atoms with Crippen LogP contribution in [0.4, 0.5) is 5.95 Å². The number of hydrogen-bond acceptors (Lipinski definition) is 6. The third-order valence-corrected chi connectivity index (χ3v) is 7.60. The zero-order chi connectivity index (χ0) is 26.2. The zero-order valence-corrected chi connectivity index (χ0v) is 21.6. The Morgan fingerprint density at radius 1 is 0.946 bits per heavy atom. The number of fused-ring (bicyclic) bond motifs is 4. The minimum atomic E-state index is -4.10. The Hall–Kier alpha value is -3.95. The SMILES string of the molecule is Cc1cccc(C)c1-c1cc2nc(n1)NS(=O)(=O)c1cccc(c1)C(=O)NCC(c1ccc(Cl)cc1)O2. The van der Waals surface area contributed by atoms with Crippen molar-refractivity contribution in [2.24, 2.45) is 0 Å². The lowest BCUT2D eigenvalue weighted by atomic mass is 10.00. The highest BCUT2D eigenvalue weighted by atomic mass is 35.5. The van der Waals surface area contributed by atoms with Crippen LogP contribution in [-0.2, 0) is 10.0 Å². The molecule has 4 bridgehead atoms. The average molecular weight is 535 g/mol. The first kappa shape index (κ1) is 24.7. The number of halogens is 1. The van der Waals surface area contributed by atoms with Gasteiger partial charge in [-0.15, -0.1) is 0 Å². The molecule has 1 aliphatic rings. The standard InChI is InChI=1S/C27H23ClN4O4S/c1-16-5-3-6-17(2)25(16)22-14-24-31-27(30-22)32-37(34,35)21-8-4-7-19(13-21)26(33)29-15-23(36-24)18-9-11-20(28)12-10-18/h3-14,23H,15H2,1-2H3,(H,29,33)(H,30,31,32). The van der Waals surface area contributed by atoms with Crippen LogP contribution in [0.2, 0.25) is 5.02 Å². The normalized spacial score (nSPS) is 16.7. The Kier molecular flexibility index (Phi) is 6.57. The molecule has 0 aliphatic carbocycles. The molecule has 1 unspecified atom stereocenters. The fourth-order valence-electron chi connectivity index (χ4n) is 4.20. The second-order valence-corrected chi connectivity index (χ2v) is 10.8. The summed E-state index contributed by atoms with van der Waals surface area (Å²) < 4.78 is 35.1. The Balaban J connectivity index is 1.69. The van der Waals surface area contributed by atoms with Crippen molar-refractivity contribution in [2.75, 3.05) is 11.3 Å². The molecule has 0 saturated carbocycles. The molecule has 1 amide bonds. The van der Waals surface area contributed by atoms with Crippen molar-refractivity contribution >= 4 is 33.5 Å². The molecule has 37 heavy (non-hydrogen) atoms. The number of ether oxygens (including phenoxy) is 1. The highest BCUT2D eigenvalue weighted by molar-refractivity contribution is 7.92. The predicted molar refractivity (Wildman–Crippen MR) is 141 cm³/mol. The second-order valence-electron chi connectivity index (χ2n) is 8.68. The van der Waals surface area contributed by atoms with E-state index in [9.17, 15) is 13.2 Å². The lowest BCUT2D eigenvalue weighted by Crippen LogP contribution is -2.30. The minimum absolute atomic E-state index is 0.0859. The van der Waals surface area contributed by atoms with Gasteiger partial charge in [0.05, 0.1) is 17.1 Å². The Bertz CT molecular complexity index is 1590. The highest BCUT2D eigenvalue weighted by Gasteiger charge is 2.23. The van der Waals surface area contributed by atoms with Crippen molar-refractivity contribution in [3.63, 3.8) is 0 Å². The van der Waals surface area contributed by atoms with Gasteiger partial charge < -0.3 is 10.1 Å². The van der Waals surface area contributed by atoms with E-state index < -0.39 is 22.0 Å². The molecule has 8 nitrogen and oxygen atoms in total. The van der Waals surface area contributed by atoms with E-state index in [2.05, 4.69) is 20.0 Å². The number of sulfonamides is 1. The van der Waals surface area contributed by atoms with Crippen molar-refractivity contribution in [1.29, 1.82) is 0 Å². The maximum Gasteiger partial charge on any atom is 0.264 e. The van der Waals surface area contributed by atoms with Gasteiger partial charge in [-0.05, 0) is 60.9 Å². The number of anilines is 1. The van der Waals surface area contributed by atoms with Gasteiger partial charge in [-0.25, -0.2) is 18.1 Å². The van der Waals surface area contributed by atoms with Crippen LogP contribution in [0.1, 0.15) is 33.2 Å². The van der Waals surface area contributed by atoms with Crippen LogP contribution in [0.15, 0.2) is 77.7 Å². The molecule has 4 aromatic rings. The largest absolute Gasteiger partial charge is 0.467 e. The van der Waals surface area contributed by atoms with Crippen LogP contribution >= 0.6 is 11.6 Å². The third kappa shape index (κ3) is 5.28. The summed E-state index contributed by atoms with van der Waals surface area (Å²) in [6, 6.07) is 20.3. The van der Waals surface area contributed by atoms with E-state index >= 15 is 0 Å². The summed E-state index contributed by atoms with van der Waals surface area (Å²) in [5, 5.41) is 3.40. The monoisotopic (exact) mass is 534 g/mol. The average Bonchev–Trinajstić information content (AvgIpc) is 2.86. The summed E-state index contributed by atoms with van der Waals surface area (Å²) in [6.07, 6.45) is -0.643. The molecule has 0 saturated heterocycles. The Morgan fingerprint density at radius 3 is 2.38 bits per heavy atom. The minimum Gasteiger partial charge on any atom is -0.467 e. The third-order valence-electron chi connectivity index (χ3n) is 6.02. The van der Waals surface area contributed by atoms with Gasteiger partial charge in [0.25, 0.3) is 15.9 Å². The number of hydrogen-bond donors (Lipinski definition) is 2. The quantitative estimate of drug-likeness (QED) is 0.371. The van der Waals surface area contributed by atoms with Crippen LogP contribution in [0.5, 0.6) is 5.88 Å². The second kappa shape index (κ2) is 9.84. The molecule has 1 aliphatic heterocycles. The molecule has 1 aromatic heterocycles. The van der Waals surface area contributed by atoms with E-state index in [0.717, 1.165) is 22.3 Å².